The maximum absolute atomic E-state index is 5.43. The van der Waals surface area contributed by atoms with Crippen LogP contribution >= 0.6 is 0 Å². The predicted octanol–water partition coefficient (Wildman–Crippen LogP) is 2.45. The van der Waals surface area contributed by atoms with Gasteiger partial charge in [-0.25, -0.2) is 0 Å². The summed E-state index contributed by atoms with van der Waals surface area (Å²) in [5, 5.41) is 3.45. The fourth-order valence-corrected chi connectivity index (χ4v) is 1.54. The molecule has 0 saturated carbocycles. The second-order valence-electron chi connectivity index (χ2n) is 4.75. The third kappa shape index (κ3) is 12.0. The lowest BCUT2D eigenvalue weighted by Crippen LogP contribution is -2.24. The molecule has 0 radical (unpaired) electrons. The normalized spacial score (nSPS) is 13.3. The molecule has 0 aromatic heterocycles. The zero-order valence-corrected chi connectivity index (χ0v) is 11.4. The van der Waals surface area contributed by atoms with Crippen LogP contribution in [0.4, 0.5) is 0 Å². The molecule has 0 aliphatic heterocycles. The van der Waals surface area contributed by atoms with E-state index in [4.69, 9.17) is 9.47 Å². The standard InChI is InChI=1S/C13H29NO2/c1-12(2)14-8-7-13(3)6-5-9-16-11-10-15-4/h12-14H,5-11H2,1-4H3. The van der Waals surface area contributed by atoms with Crippen LogP contribution in [0.15, 0.2) is 0 Å². The highest BCUT2D eigenvalue weighted by molar-refractivity contribution is 4.58. The molecule has 3 nitrogen and oxygen atoms in total. The van der Waals surface area contributed by atoms with Gasteiger partial charge in [-0.3, -0.25) is 0 Å². The van der Waals surface area contributed by atoms with Gasteiger partial charge in [0.2, 0.25) is 0 Å². The topological polar surface area (TPSA) is 30.5 Å². The Bertz CT molecular complexity index is 140. The van der Waals surface area contributed by atoms with Crippen molar-refractivity contribution in [2.45, 2.75) is 46.1 Å². The number of methoxy groups -OCH3 is 1. The summed E-state index contributed by atoms with van der Waals surface area (Å²) in [5.74, 6) is 0.789. The Hall–Kier alpha value is -0.120. The van der Waals surface area contributed by atoms with Crippen molar-refractivity contribution >= 4 is 0 Å². The maximum Gasteiger partial charge on any atom is 0.0700 e. The minimum Gasteiger partial charge on any atom is -0.382 e. The van der Waals surface area contributed by atoms with E-state index in [1.807, 2.05) is 0 Å². The van der Waals surface area contributed by atoms with E-state index in [9.17, 15) is 0 Å². The second-order valence-corrected chi connectivity index (χ2v) is 4.75. The molecule has 3 heteroatoms. The number of hydrogen-bond donors (Lipinski definition) is 1. The van der Waals surface area contributed by atoms with Gasteiger partial charge in [-0.05, 0) is 31.7 Å². The van der Waals surface area contributed by atoms with Gasteiger partial charge in [-0.1, -0.05) is 20.8 Å². The summed E-state index contributed by atoms with van der Waals surface area (Å²) in [5.41, 5.74) is 0. The van der Waals surface area contributed by atoms with Crippen molar-refractivity contribution in [2.75, 3.05) is 33.5 Å². The van der Waals surface area contributed by atoms with Gasteiger partial charge in [0.25, 0.3) is 0 Å². The molecule has 0 aliphatic carbocycles. The largest absolute Gasteiger partial charge is 0.382 e. The molecular weight excluding hydrogens is 202 g/mol. The fraction of sp³-hybridized carbons (Fsp3) is 1.00. The summed E-state index contributed by atoms with van der Waals surface area (Å²) in [6.45, 7) is 10.1. The Labute approximate surface area is 101 Å². The minimum atomic E-state index is 0.601. The third-order valence-electron chi connectivity index (χ3n) is 2.61. The van der Waals surface area contributed by atoms with Crippen LogP contribution in [0.2, 0.25) is 0 Å². The molecule has 98 valence electrons. The average Bonchev–Trinajstić information content (AvgIpc) is 2.22. The Morgan fingerprint density at radius 1 is 1.00 bits per heavy atom. The fourth-order valence-electron chi connectivity index (χ4n) is 1.54. The first-order valence-electron chi connectivity index (χ1n) is 6.47. The molecule has 0 fully saturated rings. The van der Waals surface area contributed by atoms with Crippen LogP contribution in [-0.4, -0.2) is 39.5 Å². The van der Waals surface area contributed by atoms with Crippen LogP contribution in [0.1, 0.15) is 40.0 Å². The van der Waals surface area contributed by atoms with E-state index in [-0.39, 0.29) is 0 Å². The van der Waals surface area contributed by atoms with E-state index in [1.54, 1.807) is 7.11 Å². The molecule has 1 unspecified atom stereocenters. The highest BCUT2D eigenvalue weighted by Gasteiger charge is 2.02. The van der Waals surface area contributed by atoms with Crippen LogP contribution < -0.4 is 5.32 Å². The van der Waals surface area contributed by atoms with Gasteiger partial charge in [0.1, 0.15) is 0 Å². The zero-order chi connectivity index (χ0) is 12.2. The van der Waals surface area contributed by atoms with Gasteiger partial charge in [0, 0.05) is 19.8 Å². The lowest BCUT2D eigenvalue weighted by atomic mass is 10.0. The lowest BCUT2D eigenvalue weighted by Gasteiger charge is -2.13. The minimum absolute atomic E-state index is 0.601. The number of ether oxygens (including phenoxy) is 2. The highest BCUT2D eigenvalue weighted by atomic mass is 16.5. The van der Waals surface area contributed by atoms with Crippen molar-refractivity contribution in [3.05, 3.63) is 0 Å². The molecule has 0 heterocycles. The summed E-state index contributed by atoms with van der Waals surface area (Å²) >= 11 is 0. The van der Waals surface area contributed by atoms with E-state index in [2.05, 4.69) is 26.1 Å². The van der Waals surface area contributed by atoms with Gasteiger partial charge in [0.05, 0.1) is 13.2 Å². The van der Waals surface area contributed by atoms with Gasteiger partial charge in [-0.2, -0.15) is 0 Å². The van der Waals surface area contributed by atoms with Crippen LogP contribution in [0, 0.1) is 5.92 Å². The number of rotatable bonds is 11. The molecule has 1 atom stereocenters. The SMILES string of the molecule is COCCOCCCC(C)CCNC(C)C. The zero-order valence-electron chi connectivity index (χ0n) is 11.4. The summed E-state index contributed by atoms with van der Waals surface area (Å²) in [6.07, 6.45) is 3.68. The highest BCUT2D eigenvalue weighted by Crippen LogP contribution is 2.09. The molecule has 0 spiro atoms. The van der Waals surface area contributed by atoms with Gasteiger partial charge < -0.3 is 14.8 Å². The molecular formula is C13H29NO2. The van der Waals surface area contributed by atoms with E-state index >= 15 is 0 Å². The Morgan fingerprint density at radius 3 is 2.38 bits per heavy atom. The first-order valence-corrected chi connectivity index (χ1v) is 6.47. The van der Waals surface area contributed by atoms with Gasteiger partial charge in [-0.15, -0.1) is 0 Å². The molecule has 0 bridgehead atoms. The van der Waals surface area contributed by atoms with Crippen LogP contribution in [0.25, 0.3) is 0 Å². The van der Waals surface area contributed by atoms with Crippen molar-refractivity contribution in [3.63, 3.8) is 0 Å². The van der Waals surface area contributed by atoms with Crippen LogP contribution in [-0.2, 0) is 9.47 Å². The summed E-state index contributed by atoms with van der Waals surface area (Å²) in [4.78, 5) is 0. The molecule has 0 aromatic rings. The van der Waals surface area contributed by atoms with E-state index in [0.717, 1.165) is 32.1 Å². The van der Waals surface area contributed by atoms with Crippen LogP contribution in [0.3, 0.4) is 0 Å². The molecule has 0 aliphatic rings. The summed E-state index contributed by atoms with van der Waals surface area (Å²) < 4.78 is 10.3. The Morgan fingerprint density at radius 2 is 1.75 bits per heavy atom. The summed E-state index contributed by atoms with van der Waals surface area (Å²) in [7, 11) is 1.70. The third-order valence-corrected chi connectivity index (χ3v) is 2.61. The molecule has 16 heavy (non-hydrogen) atoms. The van der Waals surface area contributed by atoms with Crippen molar-refractivity contribution in [1.29, 1.82) is 0 Å². The van der Waals surface area contributed by atoms with E-state index < -0.39 is 0 Å². The second kappa shape index (κ2) is 11.4. The van der Waals surface area contributed by atoms with Crippen molar-refractivity contribution in [1.82, 2.24) is 5.32 Å². The first kappa shape index (κ1) is 15.9. The lowest BCUT2D eigenvalue weighted by molar-refractivity contribution is 0.0673. The molecule has 0 aromatic carbocycles. The smallest absolute Gasteiger partial charge is 0.0700 e. The maximum atomic E-state index is 5.43. The first-order chi connectivity index (χ1) is 7.66. The van der Waals surface area contributed by atoms with Crippen molar-refractivity contribution in [3.8, 4) is 0 Å². The van der Waals surface area contributed by atoms with Crippen LogP contribution in [0.5, 0.6) is 0 Å². The van der Waals surface area contributed by atoms with E-state index in [0.29, 0.717) is 12.6 Å². The summed E-state index contributed by atoms with van der Waals surface area (Å²) in [6, 6.07) is 0.601. The molecule has 1 N–H and O–H groups in total. The number of hydrogen-bond acceptors (Lipinski definition) is 3. The molecule has 0 amide bonds. The van der Waals surface area contributed by atoms with E-state index in [1.165, 1.54) is 12.8 Å². The monoisotopic (exact) mass is 231 g/mol. The predicted molar refractivity (Wildman–Crippen MR) is 68.8 cm³/mol. The van der Waals surface area contributed by atoms with Gasteiger partial charge in [0.15, 0.2) is 0 Å². The molecule has 0 rings (SSSR count). The Balaban J connectivity index is 3.14. The average molecular weight is 231 g/mol. The van der Waals surface area contributed by atoms with Gasteiger partial charge >= 0.3 is 0 Å². The van der Waals surface area contributed by atoms with Crippen molar-refractivity contribution < 1.29 is 9.47 Å². The van der Waals surface area contributed by atoms with Crippen molar-refractivity contribution in [2.24, 2.45) is 5.92 Å². The molecule has 0 saturated heterocycles. The number of nitrogens with one attached hydrogen (secondary N) is 1. The Kier molecular flexibility index (Phi) is 11.3. The quantitative estimate of drug-likeness (QED) is 0.554.